The zero-order valence-electron chi connectivity index (χ0n) is 29.7. The van der Waals surface area contributed by atoms with Crippen LogP contribution in [0.1, 0.15) is 97.6 Å². The first-order chi connectivity index (χ1) is 24.6. The molecule has 3 fully saturated rings. The number of benzene rings is 2. The predicted molar refractivity (Wildman–Crippen MR) is 197 cm³/mol. The summed E-state index contributed by atoms with van der Waals surface area (Å²) in [5.74, 6) is -0.162. The van der Waals surface area contributed by atoms with Crippen molar-refractivity contribution in [2.45, 2.75) is 115 Å². The molecule has 3 aliphatic rings. The van der Waals surface area contributed by atoms with E-state index in [1.165, 1.54) is 21.6 Å². The highest BCUT2D eigenvalue weighted by molar-refractivity contribution is 7.15. The molecule has 11 nitrogen and oxygen atoms in total. The van der Waals surface area contributed by atoms with Crippen molar-refractivity contribution in [2.75, 3.05) is 18.4 Å². The van der Waals surface area contributed by atoms with Gasteiger partial charge in [-0.2, -0.15) is 0 Å². The summed E-state index contributed by atoms with van der Waals surface area (Å²) in [5.41, 5.74) is 4.35. The molecule has 0 radical (unpaired) electrons. The molecule has 12 heteroatoms. The summed E-state index contributed by atoms with van der Waals surface area (Å²) < 4.78 is 15.8. The molecule has 2 aliphatic carbocycles. The number of ether oxygens (including phenoxy) is 3. The lowest BCUT2D eigenvalue weighted by molar-refractivity contribution is -0.0955. The molecule has 1 unspecified atom stereocenters. The quantitative estimate of drug-likeness (QED) is 0.112. The second-order valence-electron chi connectivity index (χ2n) is 14.1. The van der Waals surface area contributed by atoms with Crippen LogP contribution in [-0.4, -0.2) is 71.8 Å². The van der Waals surface area contributed by atoms with Gasteiger partial charge in [0.05, 0.1) is 18.2 Å². The third-order valence-electron chi connectivity index (χ3n) is 9.99. The number of nitrogens with one attached hydrogen (secondary N) is 3. The Balaban J connectivity index is 0.959. The van der Waals surface area contributed by atoms with Crippen LogP contribution in [0.15, 0.2) is 54.6 Å². The molecule has 1 aromatic heterocycles. The Morgan fingerprint density at radius 2 is 1.75 bits per heavy atom. The monoisotopic (exact) mass is 718 g/mol. The lowest BCUT2D eigenvalue weighted by Gasteiger charge is -2.39. The number of thiophene rings is 1. The number of carbonyl (C=O) groups is 3. The fourth-order valence-corrected chi connectivity index (χ4v) is 7.92. The second kappa shape index (κ2) is 16.9. The molecule has 2 heterocycles. The van der Waals surface area contributed by atoms with Gasteiger partial charge in [0.15, 0.2) is 0 Å². The molecule has 2 aromatic carbocycles. The summed E-state index contributed by atoms with van der Waals surface area (Å²) >= 11 is 1.76. The summed E-state index contributed by atoms with van der Waals surface area (Å²) in [7, 11) is 0. The molecule has 0 bridgehead atoms. The SMILES string of the molecule is Cc1ccc(NC2CN(C(=O)OC(C)OC(=O)OC3CCCCC3)C2)cc1C(=O)N[C@H](C)c1cccc(-c2ccc(CN[C@H]3CC[C@@H](O)C3)s2)c1. The standard InChI is InChI=1S/C39H50N4O7S/c1-24-12-13-30(42-31-22-43(23-31)38(46)48-26(3)49-39(47)50-33-10-5-4-6-11-33)20-35(24)37(45)41-25(2)27-8-7-9-28(18-27)36-17-16-34(51-36)21-40-29-14-15-32(44)19-29/h7-9,12-13,16-18,20,25-26,29,31-33,40,42,44H,4-6,10-11,14-15,19,21-23H2,1-3H3,(H,41,45)/t25-,26?,29+,32-/m1/s1. The molecular formula is C39H50N4O7S. The fourth-order valence-electron chi connectivity index (χ4n) is 6.97. The van der Waals surface area contributed by atoms with Crippen molar-refractivity contribution >= 4 is 35.2 Å². The minimum atomic E-state index is -1.06. The van der Waals surface area contributed by atoms with Crippen molar-refractivity contribution in [3.8, 4) is 10.4 Å². The Hall–Kier alpha value is -4.13. The number of aryl methyl sites for hydroxylation is 1. The maximum Gasteiger partial charge on any atom is 0.511 e. The average Bonchev–Trinajstić information content (AvgIpc) is 3.75. The lowest BCUT2D eigenvalue weighted by atomic mass is 9.98. The van der Waals surface area contributed by atoms with Gasteiger partial charge >= 0.3 is 12.2 Å². The van der Waals surface area contributed by atoms with E-state index in [1.807, 2.05) is 44.2 Å². The van der Waals surface area contributed by atoms with Gasteiger partial charge < -0.3 is 40.2 Å². The molecule has 1 aliphatic heterocycles. The second-order valence-corrected chi connectivity index (χ2v) is 15.3. The average molecular weight is 719 g/mol. The third kappa shape index (κ3) is 10.0. The van der Waals surface area contributed by atoms with Crippen LogP contribution in [0.4, 0.5) is 15.3 Å². The van der Waals surface area contributed by atoms with Crippen molar-refractivity contribution in [1.82, 2.24) is 15.5 Å². The molecule has 2 saturated carbocycles. The van der Waals surface area contributed by atoms with Crippen molar-refractivity contribution in [2.24, 2.45) is 0 Å². The molecular weight excluding hydrogens is 669 g/mol. The van der Waals surface area contributed by atoms with Crippen LogP contribution < -0.4 is 16.0 Å². The Kier molecular flexibility index (Phi) is 12.2. The summed E-state index contributed by atoms with van der Waals surface area (Å²) in [6, 6.07) is 18.4. The van der Waals surface area contributed by atoms with Gasteiger partial charge in [-0.1, -0.05) is 30.7 Å². The largest absolute Gasteiger partial charge is 0.511 e. The van der Waals surface area contributed by atoms with Crippen LogP contribution >= 0.6 is 11.3 Å². The van der Waals surface area contributed by atoms with Crippen LogP contribution in [-0.2, 0) is 20.8 Å². The number of nitrogens with zero attached hydrogens (tertiary/aromatic N) is 1. The topological polar surface area (TPSA) is 138 Å². The summed E-state index contributed by atoms with van der Waals surface area (Å²) in [6.07, 6.45) is 4.82. The molecule has 4 N–H and O–H groups in total. The number of amides is 2. The Bertz CT molecular complexity index is 1670. The van der Waals surface area contributed by atoms with E-state index in [-0.39, 0.29) is 30.2 Å². The first kappa shape index (κ1) is 36.7. The van der Waals surface area contributed by atoms with Crippen LogP contribution in [0.2, 0.25) is 0 Å². The van der Waals surface area contributed by atoms with Crippen LogP contribution in [0.5, 0.6) is 0 Å². The third-order valence-corrected chi connectivity index (χ3v) is 11.1. The van der Waals surface area contributed by atoms with E-state index in [9.17, 15) is 19.5 Å². The molecule has 6 rings (SSSR count). The summed E-state index contributed by atoms with van der Waals surface area (Å²) in [5, 5.41) is 20.0. The maximum absolute atomic E-state index is 13.5. The Morgan fingerprint density at radius 1 is 0.941 bits per heavy atom. The van der Waals surface area contributed by atoms with Gasteiger partial charge in [-0.25, -0.2) is 9.59 Å². The number of carbonyl (C=O) groups excluding carboxylic acids is 3. The van der Waals surface area contributed by atoms with E-state index in [0.29, 0.717) is 24.7 Å². The predicted octanol–water partition coefficient (Wildman–Crippen LogP) is 7.28. The Morgan fingerprint density at radius 3 is 2.51 bits per heavy atom. The van der Waals surface area contributed by atoms with Gasteiger partial charge in [-0.3, -0.25) is 4.79 Å². The first-order valence-electron chi connectivity index (χ1n) is 18.2. The molecule has 0 spiro atoms. The number of aliphatic hydroxyl groups excluding tert-OH is 1. The Labute approximate surface area is 304 Å². The van der Waals surface area contributed by atoms with E-state index in [2.05, 4.69) is 40.2 Å². The van der Waals surface area contributed by atoms with Gasteiger partial charge in [-0.15, -0.1) is 11.3 Å². The minimum Gasteiger partial charge on any atom is -0.431 e. The number of rotatable bonds is 12. The highest BCUT2D eigenvalue weighted by atomic mass is 32.1. The molecule has 1 saturated heterocycles. The number of hydrogen-bond donors (Lipinski definition) is 4. The number of hydrogen-bond acceptors (Lipinski definition) is 10. The highest BCUT2D eigenvalue weighted by Crippen LogP contribution is 2.31. The van der Waals surface area contributed by atoms with E-state index in [4.69, 9.17) is 14.2 Å². The fraction of sp³-hybridized carbons (Fsp3) is 0.513. The van der Waals surface area contributed by atoms with Crippen molar-refractivity contribution in [3.63, 3.8) is 0 Å². The van der Waals surface area contributed by atoms with Crippen molar-refractivity contribution < 1.29 is 33.7 Å². The molecule has 3 aromatic rings. The maximum atomic E-state index is 13.5. The summed E-state index contributed by atoms with van der Waals surface area (Å²) in [4.78, 5) is 42.1. The number of aliphatic hydroxyl groups is 1. The zero-order chi connectivity index (χ0) is 35.9. The number of likely N-dealkylation sites (tertiary alicyclic amines) is 1. The number of anilines is 1. The van der Waals surface area contributed by atoms with Crippen LogP contribution in [0.25, 0.3) is 10.4 Å². The molecule has 51 heavy (non-hydrogen) atoms. The summed E-state index contributed by atoms with van der Waals surface area (Å²) in [6.45, 7) is 7.01. The normalized spacial score (nSPS) is 20.6. The van der Waals surface area contributed by atoms with Gasteiger partial charge in [0.25, 0.3) is 5.91 Å². The smallest absolute Gasteiger partial charge is 0.431 e. The lowest BCUT2D eigenvalue weighted by Crippen LogP contribution is -2.57. The minimum absolute atomic E-state index is 0.0190. The molecule has 4 atom stereocenters. The van der Waals surface area contributed by atoms with Crippen LogP contribution in [0, 0.1) is 6.92 Å². The van der Waals surface area contributed by atoms with Gasteiger partial charge in [0, 0.05) is 53.6 Å². The first-order valence-corrected chi connectivity index (χ1v) is 19.0. The van der Waals surface area contributed by atoms with Crippen molar-refractivity contribution in [1.29, 1.82) is 0 Å². The van der Waals surface area contributed by atoms with Crippen LogP contribution in [0.3, 0.4) is 0 Å². The van der Waals surface area contributed by atoms with Gasteiger partial charge in [0.1, 0.15) is 6.10 Å². The molecule has 274 valence electrons. The van der Waals surface area contributed by atoms with Crippen molar-refractivity contribution in [3.05, 3.63) is 76.2 Å². The molecule has 2 amide bonds. The van der Waals surface area contributed by atoms with E-state index in [1.54, 1.807) is 11.3 Å². The van der Waals surface area contributed by atoms with E-state index < -0.39 is 18.5 Å². The van der Waals surface area contributed by atoms with Gasteiger partial charge in [0.2, 0.25) is 6.29 Å². The highest BCUT2D eigenvalue weighted by Gasteiger charge is 2.33. The zero-order valence-corrected chi connectivity index (χ0v) is 30.5. The van der Waals surface area contributed by atoms with E-state index in [0.717, 1.165) is 80.3 Å². The van der Waals surface area contributed by atoms with Gasteiger partial charge in [-0.05, 0) is 106 Å². The van der Waals surface area contributed by atoms with E-state index >= 15 is 0 Å².